The summed E-state index contributed by atoms with van der Waals surface area (Å²) in [6.07, 6.45) is 1.56. The van der Waals surface area contributed by atoms with Crippen LogP contribution in [-0.2, 0) is 10.0 Å². The highest BCUT2D eigenvalue weighted by Crippen LogP contribution is 2.24. The summed E-state index contributed by atoms with van der Waals surface area (Å²) in [7, 11) is -3.55. The Labute approximate surface area is 166 Å². The summed E-state index contributed by atoms with van der Waals surface area (Å²) in [5.41, 5.74) is 1.00. The number of piperazine rings is 1. The van der Waals surface area contributed by atoms with Crippen LogP contribution in [0, 0.1) is 0 Å². The molecule has 1 N–H and O–H groups in total. The summed E-state index contributed by atoms with van der Waals surface area (Å²) in [6.45, 7) is 0.955. The number of rotatable bonds is 4. The summed E-state index contributed by atoms with van der Waals surface area (Å²) < 4.78 is 27.0. The van der Waals surface area contributed by atoms with Crippen LogP contribution in [0.4, 0.5) is 0 Å². The van der Waals surface area contributed by atoms with Gasteiger partial charge in [-0.2, -0.15) is 4.31 Å². The molecule has 0 aromatic heterocycles. The van der Waals surface area contributed by atoms with Crippen molar-refractivity contribution in [3.8, 4) is 5.75 Å². The second kappa shape index (κ2) is 8.24. The van der Waals surface area contributed by atoms with E-state index in [0.717, 1.165) is 5.56 Å². The Balaban J connectivity index is 1.65. The number of sulfonamides is 1. The fraction of sp³-hybridized carbons (Fsp3) is 0.211. The van der Waals surface area contributed by atoms with E-state index in [0.29, 0.717) is 4.47 Å². The fourth-order valence-electron chi connectivity index (χ4n) is 2.81. The smallest absolute Gasteiger partial charge is 0.257 e. The Hall–Kier alpha value is -2.16. The van der Waals surface area contributed by atoms with Crippen LogP contribution in [-0.4, -0.2) is 54.8 Å². The zero-order valence-corrected chi connectivity index (χ0v) is 16.9. The lowest BCUT2D eigenvalue weighted by Gasteiger charge is -2.33. The number of carbonyl (C=O) groups excluding carboxylic acids is 1. The lowest BCUT2D eigenvalue weighted by Crippen LogP contribution is -2.50. The normalized spacial score (nSPS) is 16.0. The molecule has 142 valence electrons. The molecule has 27 heavy (non-hydrogen) atoms. The average molecular weight is 451 g/mol. The third-order valence-electron chi connectivity index (χ3n) is 4.31. The van der Waals surface area contributed by atoms with Crippen LogP contribution in [0.15, 0.2) is 58.4 Å². The van der Waals surface area contributed by atoms with Crippen LogP contribution in [0.25, 0.3) is 6.08 Å². The summed E-state index contributed by atoms with van der Waals surface area (Å²) in [4.78, 5) is 14.2. The third-order valence-corrected chi connectivity index (χ3v) is 6.36. The highest BCUT2D eigenvalue weighted by molar-refractivity contribution is 9.10. The molecule has 2 aromatic rings. The van der Waals surface area contributed by atoms with E-state index in [9.17, 15) is 18.3 Å². The Morgan fingerprint density at radius 3 is 2.37 bits per heavy atom. The number of hydrogen-bond acceptors (Lipinski definition) is 4. The van der Waals surface area contributed by atoms with Gasteiger partial charge in [-0.3, -0.25) is 4.79 Å². The van der Waals surface area contributed by atoms with Gasteiger partial charge >= 0.3 is 0 Å². The molecule has 0 atom stereocenters. The van der Waals surface area contributed by atoms with Crippen LogP contribution >= 0.6 is 15.9 Å². The van der Waals surface area contributed by atoms with Gasteiger partial charge in [0.2, 0.25) is 10.0 Å². The molecule has 1 aliphatic heterocycles. The van der Waals surface area contributed by atoms with Crippen molar-refractivity contribution in [3.63, 3.8) is 0 Å². The standard InChI is InChI=1S/C19H19BrN2O4S/c20-16-6-7-18(23)17(14-16)19(24)21-9-11-22(12-10-21)27(25,26)13-8-15-4-2-1-3-5-15/h1-8,13-14,23H,9-12H2/b13-8+. The Morgan fingerprint density at radius 2 is 1.70 bits per heavy atom. The van der Waals surface area contributed by atoms with Crippen molar-refractivity contribution in [2.75, 3.05) is 26.2 Å². The van der Waals surface area contributed by atoms with Gasteiger partial charge in [-0.1, -0.05) is 46.3 Å². The zero-order chi connectivity index (χ0) is 19.4. The number of phenols is 1. The van der Waals surface area contributed by atoms with Gasteiger partial charge in [0.15, 0.2) is 0 Å². The average Bonchev–Trinajstić information content (AvgIpc) is 2.69. The van der Waals surface area contributed by atoms with Crippen LogP contribution in [0.3, 0.4) is 0 Å². The maximum atomic E-state index is 12.6. The molecule has 8 heteroatoms. The van der Waals surface area contributed by atoms with E-state index in [1.165, 1.54) is 15.8 Å². The molecular formula is C19H19BrN2O4S. The predicted molar refractivity (Wildman–Crippen MR) is 108 cm³/mol. The summed E-state index contributed by atoms with van der Waals surface area (Å²) in [5, 5.41) is 11.1. The molecule has 0 spiro atoms. The van der Waals surface area contributed by atoms with Gasteiger partial charge in [-0.25, -0.2) is 8.42 Å². The number of aromatic hydroxyl groups is 1. The van der Waals surface area contributed by atoms with Crippen LogP contribution < -0.4 is 0 Å². The van der Waals surface area contributed by atoms with Crippen molar-refractivity contribution in [2.45, 2.75) is 0 Å². The van der Waals surface area contributed by atoms with Crippen molar-refractivity contribution >= 4 is 37.9 Å². The van der Waals surface area contributed by atoms with Crippen LogP contribution in [0.2, 0.25) is 0 Å². The number of amides is 1. The molecule has 1 saturated heterocycles. The third kappa shape index (κ3) is 4.77. The molecule has 3 rings (SSSR count). The van der Waals surface area contributed by atoms with E-state index in [1.807, 2.05) is 30.3 Å². The van der Waals surface area contributed by atoms with E-state index in [4.69, 9.17) is 0 Å². The van der Waals surface area contributed by atoms with Gasteiger partial charge in [-0.05, 0) is 29.8 Å². The van der Waals surface area contributed by atoms with Gasteiger partial charge in [0.25, 0.3) is 5.91 Å². The largest absolute Gasteiger partial charge is 0.507 e. The molecule has 0 aliphatic carbocycles. The predicted octanol–water partition coefficient (Wildman–Crippen LogP) is 2.91. The summed E-state index contributed by atoms with van der Waals surface area (Å²) in [6, 6.07) is 13.9. The SMILES string of the molecule is O=C(c1cc(Br)ccc1O)N1CCN(S(=O)(=O)/C=C/c2ccccc2)CC1. The van der Waals surface area contributed by atoms with Crippen LogP contribution in [0.5, 0.6) is 5.75 Å². The fourth-order valence-corrected chi connectivity index (χ4v) is 4.34. The van der Waals surface area contributed by atoms with Crippen molar-refractivity contribution in [1.82, 2.24) is 9.21 Å². The Morgan fingerprint density at radius 1 is 1.04 bits per heavy atom. The Bertz CT molecular complexity index is 953. The van der Waals surface area contributed by atoms with E-state index in [-0.39, 0.29) is 43.4 Å². The molecule has 1 fully saturated rings. The van der Waals surface area contributed by atoms with E-state index >= 15 is 0 Å². The number of carbonyl (C=O) groups is 1. The number of phenolic OH excluding ortho intramolecular Hbond substituents is 1. The maximum Gasteiger partial charge on any atom is 0.257 e. The van der Waals surface area contributed by atoms with Crippen molar-refractivity contribution < 1.29 is 18.3 Å². The highest BCUT2D eigenvalue weighted by atomic mass is 79.9. The zero-order valence-electron chi connectivity index (χ0n) is 14.5. The molecule has 6 nitrogen and oxygen atoms in total. The molecule has 0 unspecified atom stereocenters. The Kier molecular flexibility index (Phi) is 5.98. The minimum Gasteiger partial charge on any atom is -0.507 e. The first-order chi connectivity index (χ1) is 12.9. The van der Waals surface area contributed by atoms with Gasteiger partial charge in [-0.15, -0.1) is 0 Å². The summed E-state index contributed by atoms with van der Waals surface area (Å²) in [5.74, 6) is -0.408. The quantitative estimate of drug-likeness (QED) is 0.776. The first kappa shape index (κ1) is 19.6. The lowest BCUT2D eigenvalue weighted by atomic mass is 10.1. The minimum absolute atomic E-state index is 0.0935. The first-order valence-electron chi connectivity index (χ1n) is 8.38. The highest BCUT2D eigenvalue weighted by Gasteiger charge is 2.28. The van der Waals surface area contributed by atoms with Gasteiger partial charge in [0.1, 0.15) is 5.75 Å². The number of benzene rings is 2. The topological polar surface area (TPSA) is 77.9 Å². The lowest BCUT2D eigenvalue weighted by molar-refractivity contribution is 0.0695. The van der Waals surface area contributed by atoms with Gasteiger partial charge < -0.3 is 10.0 Å². The van der Waals surface area contributed by atoms with Gasteiger partial charge in [0, 0.05) is 36.1 Å². The molecule has 0 radical (unpaired) electrons. The van der Waals surface area contributed by atoms with E-state index in [2.05, 4.69) is 15.9 Å². The van der Waals surface area contributed by atoms with Crippen LogP contribution in [0.1, 0.15) is 15.9 Å². The maximum absolute atomic E-state index is 12.6. The monoisotopic (exact) mass is 450 g/mol. The summed E-state index contributed by atoms with van der Waals surface area (Å²) >= 11 is 3.28. The molecule has 1 amide bonds. The molecule has 1 aliphatic rings. The number of halogens is 1. The van der Waals surface area contributed by atoms with Crippen molar-refractivity contribution in [1.29, 1.82) is 0 Å². The minimum atomic E-state index is -3.55. The molecule has 1 heterocycles. The number of nitrogens with zero attached hydrogens (tertiary/aromatic N) is 2. The second-order valence-electron chi connectivity index (χ2n) is 6.11. The van der Waals surface area contributed by atoms with Crippen molar-refractivity contribution in [2.24, 2.45) is 0 Å². The molecule has 0 bridgehead atoms. The molecule has 2 aromatic carbocycles. The number of hydrogen-bond donors (Lipinski definition) is 1. The second-order valence-corrected chi connectivity index (χ2v) is 8.85. The van der Waals surface area contributed by atoms with Crippen molar-refractivity contribution in [3.05, 3.63) is 69.5 Å². The van der Waals surface area contributed by atoms with E-state index < -0.39 is 10.0 Å². The molecular weight excluding hydrogens is 432 g/mol. The van der Waals surface area contributed by atoms with E-state index in [1.54, 1.807) is 23.1 Å². The first-order valence-corrected chi connectivity index (χ1v) is 10.7. The molecule has 0 saturated carbocycles. The van der Waals surface area contributed by atoms with Gasteiger partial charge in [0.05, 0.1) is 5.56 Å².